The van der Waals surface area contributed by atoms with E-state index in [4.69, 9.17) is 28.9 Å². The Hall–Kier alpha value is -2.57. The Morgan fingerprint density at radius 1 is 0.964 bits per heavy atom. The van der Waals surface area contributed by atoms with Crippen molar-refractivity contribution in [3.63, 3.8) is 0 Å². The number of carbonyl (C=O) groups excluding carboxylic acids is 3. The molecule has 0 unspecified atom stereocenters. The molecule has 0 aromatic heterocycles. The second-order valence-corrected chi connectivity index (χ2v) is 7.19. The Morgan fingerprint density at radius 3 is 2.21 bits per heavy atom. The molecule has 0 heterocycles. The van der Waals surface area contributed by atoms with Crippen molar-refractivity contribution in [2.45, 2.75) is 31.8 Å². The van der Waals surface area contributed by atoms with Gasteiger partial charge in [-0.15, -0.1) is 0 Å². The summed E-state index contributed by atoms with van der Waals surface area (Å²) < 4.78 is 0. The van der Waals surface area contributed by atoms with Crippen LogP contribution in [0.25, 0.3) is 0 Å². The molecular weight excluding hydrogens is 401 g/mol. The lowest BCUT2D eigenvalue weighted by Gasteiger charge is -2.22. The Bertz CT molecular complexity index is 859. The van der Waals surface area contributed by atoms with Crippen LogP contribution in [0.3, 0.4) is 0 Å². The van der Waals surface area contributed by atoms with Crippen molar-refractivity contribution in [2.75, 3.05) is 0 Å². The minimum absolute atomic E-state index is 0.106. The van der Waals surface area contributed by atoms with E-state index in [2.05, 4.69) is 10.6 Å². The van der Waals surface area contributed by atoms with Gasteiger partial charge in [-0.1, -0.05) is 59.6 Å². The van der Waals surface area contributed by atoms with Crippen LogP contribution in [0, 0.1) is 0 Å². The molecule has 6 nitrogen and oxygen atoms in total. The molecule has 0 saturated carbocycles. The van der Waals surface area contributed by atoms with Gasteiger partial charge in [-0.3, -0.25) is 14.4 Å². The van der Waals surface area contributed by atoms with Crippen molar-refractivity contribution in [3.05, 3.63) is 69.7 Å². The van der Waals surface area contributed by atoms with Crippen molar-refractivity contribution in [1.29, 1.82) is 0 Å². The molecule has 2 aromatic rings. The van der Waals surface area contributed by atoms with Crippen molar-refractivity contribution in [3.8, 4) is 0 Å². The van der Waals surface area contributed by atoms with Gasteiger partial charge in [0.25, 0.3) is 0 Å². The molecule has 0 bridgehead atoms. The third-order valence-corrected chi connectivity index (χ3v) is 4.66. The summed E-state index contributed by atoms with van der Waals surface area (Å²) in [6, 6.07) is 12.3. The largest absolute Gasteiger partial charge is 0.368 e. The zero-order valence-corrected chi connectivity index (χ0v) is 16.8. The maximum Gasteiger partial charge on any atom is 0.243 e. The molecule has 148 valence electrons. The van der Waals surface area contributed by atoms with Gasteiger partial charge in [0.1, 0.15) is 12.1 Å². The Labute approximate surface area is 173 Å². The quantitative estimate of drug-likeness (QED) is 0.608. The predicted molar refractivity (Wildman–Crippen MR) is 109 cm³/mol. The van der Waals surface area contributed by atoms with E-state index in [0.717, 1.165) is 5.56 Å². The molecule has 4 N–H and O–H groups in total. The van der Waals surface area contributed by atoms with Crippen molar-refractivity contribution in [2.24, 2.45) is 5.73 Å². The second kappa shape index (κ2) is 10.1. The summed E-state index contributed by atoms with van der Waals surface area (Å²) in [5, 5.41) is 6.05. The summed E-state index contributed by atoms with van der Waals surface area (Å²) >= 11 is 12.0. The predicted octanol–water partition coefficient (Wildman–Crippen LogP) is 2.25. The van der Waals surface area contributed by atoms with Crippen LogP contribution in [-0.2, 0) is 27.2 Å². The highest BCUT2D eigenvalue weighted by molar-refractivity contribution is 6.35. The average Bonchev–Trinajstić information content (AvgIpc) is 2.63. The van der Waals surface area contributed by atoms with E-state index in [0.29, 0.717) is 15.6 Å². The normalized spacial score (nSPS) is 12.7. The van der Waals surface area contributed by atoms with Gasteiger partial charge in [0.2, 0.25) is 17.7 Å². The first-order valence-corrected chi connectivity index (χ1v) is 9.36. The van der Waals surface area contributed by atoms with Gasteiger partial charge in [-0.2, -0.15) is 0 Å². The van der Waals surface area contributed by atoms with E-state index in [1.54, 1.807) is 18.2 Å². The van der Waals surface area contributed by atoms with Crippen molar-refractivity contribution >= 4 is 40.9 Å². The SMILES string of the molecule is CC(=O)N[C@@H](Cc1ccccc1)C(=O)N[C@@H](Cc1ccc(Cl)cc1Cl)C(N)=O. The fraction of sp³-hybridized carbons (Fsp3) is 0.250. The van der Waals surface area contributed by atoms with Crippen LogP contribution in [0.2, 0.25) is 10.0 Å². The first-order valence-electron chi connectivity index (χ1n) is 8.61. The first kappa shape index (κ1) is 21.7. The molecule has 0 radical (unpaired) electrons. The van der Waals surface area contributed by atoms with Crippen LogP contribution < -0.4 is 16.4 Å². The number of amides is 3. The van der Waals surface area contributed by atoms with Gasteiger partial charge in [-0.25, -0.2) is 0 Å². The topological polar surface area (TPSA) is 101 Å². The van der Waals surface area contributed by atoms with E-state index in [1.165, 1.54) is 6.92 Å². The molecular formula is C20H21Cl2N3O3. The number of benzene rings is 2. The molecule has 0 saturated heterocycles. The van der Waals surface area contributed by atoms with E-state index >= 15 is 0 Å². The van der Waals surface area contributed by atoms with Gasteiger partial charge in [-0.05, 0) is 23.3 Å². The maximum atomic E-state index is 12.7. The molecule has 0 aliphatic rings. The van der Waals surface area contributed by atoms with Crippen LogP contribution in [0.4, 0.5) is 0 Å². The fourth-order valence-corrected chi connectivity index (χ4v) is 3.19. The minimum Gasteiger partial charge on any atom is -0.368 e. The fourth-order valence-electron chi connectivity index (χ4n) is 2.71. The first-order chi connectivity index (χ1) is 13.3. The molecule has 2 rings (SSSR count). The number of halogens is 2. The average molecular weight is 422 g/mol. The van der Waals surface area contributed by atoms with Gasteiger partial charge in [0.15, 0.2) is 0 Å². The van der Waals surface area contributed by atoms with Gasteiger partial charge < -0.3 is 16.4 Å². The molecule has 0 spiro atoms. The summed E-state index contributed by atoms with van der Waals surface area (Å²) in [5.74, 6) is -1.57. The third-order valence-electron chi connectivity index (χ3n) is 4.08. The Kier molecular flexibility index (Phi) is 7.84. The van der Waals surface area contributed by atoms with Crippen molar-refractivity contribution in [1.82, 2.24) is 10.6 Å². The van der Waals surface area contributed by atoms with Crippen LogP contribution in [0.5, 0.6) is 0 Å². The number of nitrogens with one attached hydrogen (secondary N) is 2. The zero-order valence-electron chi connectivity index (χ0n) is 15.2. The highest BCUT2D eigenvalue weighted by Gasteiger charge is 2.26. The van der Waals surface area contributed by atoms with Crippen LogP contribution >= 0.6 is 23.2 Å². The van der Waals surface area contributed by atoms with Crippen molar-refractivity contribution < 1.29 is 14.4 Å². The van der Waals surface area contributed by atoms with Crippen LogP contribution in [0.15, 0.2) is 48.5 Å². The summed E-state index contributed by atoms with van der Waals surface area (Å²) in [6.07, 6.45) is 0.384. The molecule has 0 aliphatic heterocycles. The highest BCUT2D eigenvalue weighted by Crippen LogP contribution is 2.22. The molecule has 3 amide bonds. The third kappa shape index (κ3) is 6.55. The minimum atomic E-state index is -0.988. The summed E-state index contributed by atoms with van der Waals surface area (Å²) in [6.45, 7) is 1.32. The Balaban J connectivity index is 2.14. The summed E-state index contributed by atoms with van der Waals surface area (Å²) in [7, 11) is 0. The Morgan fingerprint density at radius 2 is 1.64 bits per heavy atom. The highest BCUT2D eigenvalue weighted by atomic mass is 35.5. The standard InChI is InChI=1S/C20H21Cl2N3O3/c1-12(26)24-18(9-13-5-3-2-4-6-13)20(28)25-17(19(23)27)10-14-7-8-15(21)11-16(14)22/h2-8,11,17-18H,9-10H2,1H3,(H2,23,27)(H,24,26)(H,25,28)/t17-,18-/m0/s1. The lowest BCUT2D eigenvalue weighted by Crippen LogP contribution is -2.54. The lowest BCUT2D eigenvalue weighted by molar-refractivity contribution is -0.130. The number of hydrogen-bond donors (Lipinski definition) is 3. The monoisotopic (exact) mass is 421 g/mol. The van der Waals surface area contributed by atoms with E-state index in [-0.39, 0.29) is 18.7 Å². The zero-order chi connectivity index (χ0) is 20.7. The van der Waals surface area contributed by atoms with Crippen LogP contribution in [-0.4, -0.2) is 29.8 Å². The molecule has 0 fully saturated rings. The molecule has 0 aliphatic carbocycles. The number of rotatable bonds is 8. The number of carbonyl (C=O) groups is 3. The van der Waals surface area contributed by atoms with Gasteiger partial charge in [0, 0.05) is 29.8 Å². The molecule has 2 atom stereocenters. The number of primary amides is 1. The molecule has 2 aromatic carbocycles. The number of nitrogens with two attached hydrogens (primary N) is 1. The van der Waals surface area contributed by atoms with Gasteiger partial charge >= 0.3 is 0 Å². The van der Waals surface area contributed by atoms with Crippen LogP contribution in [0.1, 0.15) is 18.1 Å². The molecule has 28 heavy (non-hydrogen) atoms. The smallest absolute Gasteiger partial charge is 0.243 e. The molecule has 8 heteroatoms. The second-order valence-electron chi connectivity index (χ2n) is 6.35. The summed E-state index contributed by atoms with van der Waals surface area (Å²) in [5.41, 5.74) is 6.94. The lowest BCUT2D eigenvalue weighted by atomic mass is 10.0. The van der Waals surface area contributed by atoms with E-state index in [9.17, 15) is 14.4 Å². The summed E-state index contributed by atoms with van der Waals surface area (Å²) in [4.78, 5) is 36.1. The van der Waals surface area contributed by atoms with Gasteiger partial charge in [0.05, 0.1) is 0 Å². The maximum absolute atomic E-state index is 12.7. The number of hydrogen-bond acceptors (Lipinski definition) is 3. The van der Waals surface area contributed by atoms with E-state index in [1.807, 2.05) is 30.3 Å². The van der Waals surface area contributed by atoms with E-state index < -0.39 is 23.9 Å².